The van der Waals surface area contributed by atoms with Crippen LogP contribution in [0, 0.1) is 0 Å². The Morgan fingerprint density at radius 2 is 1.83 bits per heavy atom. The molecule has 3 amide bonds. The van der Waals surface area contributed by atoms with Crippen molar-refractivity contribution in [1.82, 2.24) is 20.2 Å². The lowest BCUT2D eigenvalue weighted by Crippen LogP contribution is -2.32. The molecule has 1 atom stereocenters. The molecular weight excluding hydrogens is 384 g/mol. The molecule has 5 rings (SSSR count). The van der Waals surface area contributed by atoms with Crippen molar-refractivity contribution in [3.63, 3.8) is 0 Å². The third-order valence-electron chi connectivity index (χ3n) is 5.10. The van der Waals surface area contributed by atoms with Gasteiger partial charge in [0.25, 0.3) is 5.91 Å². The van der Waals surface area contributed by atoms with Crippen LogP contribution in [0.25, 0.3) is 21.5 Å². The molecule has 0 spiro atoms. The smallest absolute Gasteiger partial charge is 0.325 e. The van der Waals surface area contributed by atoms with E-state index in [1.807, 2.05) is 66.2 Å². The van der Waals surface area contributed by atoms with Gasteiger partial charge in [-0.3, -0.25) is 9.69 Å². The van der Waals surface area contributed by atoms with Crippen LogP contribution in [-0.4, -0.2) is 32.8 Å². The molecule has 29 heavy (non-hydrogen) atoms. The Kier molecular flexibility index (Phi) is 4.37. The first-order valence-corrected chi connectivity index (χ1v) is 10.2. The third kappa shape index (κ3) is 3.30. The zero-order valence-corrected chi connectivity index (χ0v) is 16.3. The fourth-order valence-electron chi connectivity index (χ4n) is 3.64. The highest BCUT2D eigenvalue weighted by atomic mass is 32.1. The van der Waals surface area contributed by atoms with Crippen molar-refractivity contribution < 1.29 is 9.59 Å². The number of nitrogens with zero attached hydrogens (tertiary/aromatic N) is 2. The normalized spacial score (nSPS) is 16.6. The Morgan fingerprint density at radius 1 is 1.03 bits per heavy atom. The largest absolute Gasteiger partial charge is 0.361 e. The summed E-state index contributed by atoms with van der Waals surface area (Å²) in [7, 11) is 0. The minimum Gasteiger partial charge on any atom is -0.361 e. The number of fused-ring (bicyclic) bond motifs is 1. The van der Waals surface area contributed by atoms with E-state index in [1.54, 1.807) is 0 Å². The molecule has 1 saturated heterocycles. The molecule has 4 aromatic rings. The molecule has 0 aliphatic carbocycles. The first-order valence-electron chi connectivity index (χ1n) is 9.36. The number of para-hydroxylation sites is 1. The van der Waals surface area contributed by atoms with Crippen LogP contribution in [0.15, 0.2) is 66.2 Å². The first-order chi connectivity index (χ1) is 14.2. The van der Waals surface area contributed by atoms with Crippen LogP contribution in [0.5, 0.6) is 0 Å². The molecule has 1 aliphatic rings. The van der Waals surface area contributed by atoms with Crippen molar-refractivity contribution in [3.8, 4) is 10.6 Å². The van der Waals surface area contributed by atoms with Crippen LogP contribution in [0.4, 0.5) is 4.79 Å². The predicted molar refractivity (Wildman–Crippen MR) is 112 cm³/mol. The number of hydrogen-bond acceptors (Lipinski definition) is 4. The van der Waals surface area contributed by atoms with Gasteiger partial charge in [0, 0.05) is 34.5 Å². The van der Waals surface area contributed by atoms with Crippen LogP contribution in [0.1, 0.15) is 11.3 Å². The van der Waals surface area contributed by atoms with Gasteiger partial charge in [-0.05, 0) is 11.6 Å². The van der Waals surface area contributed by atoms with Crippen molar-refractivity contribution in [2.24, 2.45) is 0 Å². The molecule has 1 fully saturated rings. The number of H-pyrrole nitrogens is 1. The summed E-state index contributed by atoms with van der Waals surface area (Å²) in [6.07, 6.45) is 2.36. The molecule has 0 unspecified atom stereocenters. The number of carbonyl (C=O) groups excluding carboxylic acids is 2. The molecule has 1 aliphatic heterocycles. The van der Waals surface area contributed by atoms with Crippen molar-refractivity contribution in [3.05, 3.63) is 77.4 Å². The third-order valence-corrected chi connectivity index (χ3v) is 6.04. The summed E-state index contributed by atoms with van der Waals surface area (Å²) in [5, 5.41) is 6.66. The molecule has 144 valence electrons. The van der Waals surface area contributed by atoms with Gasteiger partial charge in [0.05, 0.1) is 12.2 Å². The van der Waals surface area contributed by atoms with E-state index in [-0.39, 0.29) is 18.5 Å². The molecule has 7 heteroatoms. The van der Waals surface area contributed by atoms with Crippen LogP contribution in [-0.2, 0) is 17.8 Å². The summed E-state index contributed by atoms with van der Waals surface area (Å²) in [4.78, 5) is 34.4. The summed E-state index contributed by atoms with van der Waals surface area (Å²) >= 11 is 1.51. The zero-order valence-electron chi connectivity index (χ0n) is 15.5. The maximum atomic E-state index is 12.9. The first kappa shape index (κ1) is 17.6. The number of aromatic nitrogens is 2. The van der Waals surface area contributed by atoms with E-state index in [2.05, 4.69) is 15.3 Å². The van der Waals surface area contributed by atoms with Crippen molar-refractivity contribution in [1.29, 1.82) is 0 Å². The Labute approximate surface area is 171 Å². The number of nitrogens with one attached hydrogen (secondary N) is 2. The van der Waals surface area contributed by atoms with E-state index >= 15 is 0 Å². The van der Waals surface area contributed by atoms with Crippen LogP contribution < -0.4 is 5.32 Å². The van der Waals surface area contributed by atoms with E-state index in [4.69, 9.17) is 0 Å². The molecule has 2 N–H and O–H groups in total. The number of benzene rings is 2. The number of carbonyl (C=O) groups is 2. The minimum atomic E-state index is -0.561. The number of aromatic amines is 1. The lowest BCUT2D eigenvalue weighted by molar-refractivity contribution is -0.127. The Morgan fingerprint density at radius 3 is 2.69 bits per heavy atom. The Balaban J connectivity index is 1.31. The van der Waals surface area contributed by atoms with Crippen LogP contribution >= 0.6 is 11.3 Å². The van der Waals surface area contributed by atoms with Gasteiger partial charge in [-0.15, -0.1) is 11.3 Å². The second kappa shape index (κ2) is 7.18. The molecular formula is C22H18N4O2S. The molecule has 0 bridgehead atoms. The van der Waals surface area contributed by atoms with E-state index in [0.29, 0.717) is 12.1 Å². The fourth-order valence-corrected chi connectivity index (χ4v) is 4.46. The summed E-state index contributed by atoms with van der Waals surface area (Å²) < 4.78 is 0. The van der Waals surface area contributed by atoms with Gasteiger partial charge in [0.1, 0.15) is 11.0 Å². The summed E-state index contributed by atoms with van der Waals surface area (Å²) in [6, 6.07) is 16.9. The SMILES string of the molecule is O=C1N[C@@H](Cc2c[nH]c3ccccc23)C(=O)N1Cc1csc(-c2ccccc2)n1. The second-order valence-electron chi connectivity index (χ2n) is 7.00. The average Bonchev–Trinajstić information content (AvgIpc) is 3.45. The van der Waals surface area contributed by atoms with Gasteiger partial charge in [0.2, 0.25) is 0 Å². The minimum absolute atomic E-state index is 0.179. The van der Waals surface area contributed by atoms with Crippen LogP contribution in [0.3, 0.4) is 0 Å². The second-order valence-corrected chi connectivity index (χ2v) is 7.86. The van der Waals surface area contributed by atoms with Gasteiger partial charge in [0.15, 0.2) is 0 Å². The van der Waals surface area contributed by atoms with E-state index < -0.39 is 6.04 Å². The fraction of sp³-hybridized carbons (Fsp3) is 0.136. The zero-order chi connectivity index (χ0) is 19.8. The van der Waals surface area contributed by atoms with Gasteiger partial charge in [-0.25, -0.2) is 9.78 Å². The van der Waals surface area contributed by atoms with E-state index in [1.165, 1.54) is 16.2 Å². The number of hydrogen-bond donors (Lipinski definition) is 2. The van der Waals surface area contributed by atoms with Gasteiger partial charge < -0.3 is 10.3 Å². The Bertz CT molecular complexity index is 1200. The van der Waals surface area contributed by atoms with Crippen molar-refractivity contribution in [2.45, 2.75) is 19.0 Å². The van der Waals surface area contributed by atoms with E-state index in [9.17, 15) is 9.59 Å². The standard InChI is InChI=1S/C22H18N4O2S/c27-21-19(10-15-11-23-18-9-5-4-8-17(15)18)25-22(28)26(21)12-16-13-29-20(24-16)14-6-2-1-3-7-14/h1-9,11,13,19,23H,10,12H2,(H,25,28)/t19-/m0/s1. The highest BCUT2D eigenvalue weighted by molar-refractivity contribution is 7.13. The highest BCUT2D eigenvalue weighted by Crippen LogP contribution is 2.25. The monoisotopic (exact) mass is 402 g/mol. The van der Waals surface area contributed by atoms with E-state index in [0.717, 1.165) is 27.0 Å². The predicted octanol–water partition coefficient (Wildman–Crippen LogP) is 3.95. The van der Waals surface area contributed by atoms with Crippen molar-refractivity contribution >= 4 is 34.2 Å². The molecule has 2 aromatic carbocycles. The topological polar surface area (TPSA) is 78.1 Å². The lowest BCUT2D eigenvalue weighted by atomic mass is 10.1. The highest BCUT2D eigenvalue weighted by Gasteiger charge is 2.38. The number of imide groups is 1. The van der Waals surface area contributed by atoms with Gasteiger partial charge in [-0.1, -0.05) is 48.5 Å². The number of urea groups is 1. The summed E-state index contributed by atoms with van der Waals surface area (Å²) in [5.74, 6) is -0.213. The molecule has 3 heterocycles. The average molecular weight is 402 g/mol. The van der Waals surface area contributed by atoms with Gasteiger partial charge >= 0.3 is 6.03 Å². The Hall–Kier alpha value is -3.45. The maximum Gasteiger partial charge on any atom is 0.325 e. The summed E-state index contributed by atoms with van der Waals surface area (Å²) in [5.41, 5.74) is 3.77. The van der Waals surface area contributed by atoms with Crippen LogP contribution in [0.2, 0.25) is 0 Å². The van der Waals surface area contributed by atoms with Crippen molar-refractivity contribution in [2.75, 3.05) is 0 Å². The molecule has 6 nitrogen and oxygen atoms in total. The maximum absolute atomic E-state index is 12.9. The number of amides is 3. The summed E-state index contributed by atoms with van der Waals surface area (Å²) in [6.45, 7) is 0.179. The number of rotatable bonds is 5. The molecule has 2 aromatic heterocycles. The molecule has 0 radical (unpaired) electrons. The number of thiazole rings is 1. The van der Waals surface area contributed by atoms with Gasteiger partial charge in [-0.2, -0.15) is 0 Å². The quantitative estimate of drug-likeness (QED) is 0.496. The molecule has 0 saturated carbocycles. The lowest BCUT2D eigenvalue weighted by Gasteiger charge is -2.11.